The molecule has 0 aliphatic heterocycles. The fourth-order valence-electron chi connectivity index (χ4n) is 1.19. The molecule has 0 amide bonds. The standard InChI is InChI=1S/C10H4F7O/c11-8(12,9(13,14)10(15,16)17)7-4-2-1-3-6(7)5-18/h1-4H. The average Bonchev–Trinajstić information content (AvgIpc) is 2.27. The normalized spacial score (nSPS) is 13.5. The first-order valence-electron chi connectivity index (χ1n) is 4.35. The monoisotopic (exact) mass is 273 g/mol. The van der Waals surface area contributed by atoms with Crippen LogP contribution in [0, 0.1) is 0 Å². The quantitative estimate of drug-likeness (QED) is 0.771. The maximum atomic E-state index is 13.2. The van der Waals surface area contributed by atoms with E-state index in [4.69, 9.17) is 0 Å². The topological polar surface area (TPSA) is 17.1 Å². The fourth-order valence-corrected chi connectivity index (χ4v) is 1.19. The number of hydrogen-bond donors (Lipinski definition) is 0. The van der Waals surface area contributed by atoms with Crippen molar-refractivity contribution < 1.29 is 35.5 Å². The molecule has 18 heavy (non-hydrogen) atoms. The first kappa shape index (κ1) is 14.5. The zero-order valence-corrected chi connectivity index (χ0v) is 8.36. The van der Waals surface area contributed by atoms with Crippen molar-refractivity contribution >= 4 is 6.29 Å². The highest BCUT2D eigenvalue weighted by atomic mass is 19.4. The van der Waals surface area contributed by atoms with Crippen LogP contribution >= 0.6 is 0 Å². The van der Waals surface area contributed by atoms with E-state index in [0.29, 0.717) is 12.1 Å². The van der Waals surface area contributed by atoms with Crippen LogP contribution in [0.5, 0.6) is 0 Å². The minimum atomic E-state index is -6.44. The molecule has 0 saturated carbocycles. The second-order valence-electron chi connectivity index (χ2n) is 3.29. The van der Waals surface area contributed by atoms with Gasteiger partial charge in [-0.1, -0.05) is 24.3 Å². The summed E-state index contributed by atoms with van der Waals surface area (Å²) >= 11 is 0. The highest BCUT2D eigenvalue weighted by molar-refractivity contribution is 5.78. The van der Waals surface area contributed by atoms with Crippen molar-refractivity contribution in [1.29, 1.82) is 0 Å². The molecule has 0 spiro atoms. The predicted molar refractivity (Wildman–Crippen MR) is 46.1 cm³/mol. The summed E-state index contributed by atoms with van der Waals surface area (Å²) in [5.74, 6) is -11.8. The minimum Gasteiger partial charge on any atom is -0.285 e. The zero-order valence-electron chi connectivity index (χ0n) is 8.36. The predicted octanol–water partition coefficient (Wildman–Crippen LogP) is 3.43. The van der Waals surface area contributed by atoms with Gasteiger partial charge in [0.2, 0.25) is 6.29 Å². The minimum absolute atomic E-state index is 0.319. The summed E-state index contributed by atoms with van der Waals surface area (Å²) in [4.78, 5) is 10.3. The first-order chi connectivity index (χ1) is 8.05. The summed E-state index contributed by atoms with van der Waals surface area (Å²) in [6, 6.07) is 2.84. The van der Waals surface area contributed by atoms with Gasteiger partial charge in [-0.3, -0.25) is 4.79 Å². The lowest BCUT2D eigenvalue weighted by molar-refractivity contribution is -0.359. The molecular weight excluding hydrogens is 269 g/mol. The maximum Gasteiger partial charge on any atom is 0.460 e. The van der Waals surface area contributed by atoms with Crippen molar-refractivity contribution in [2.45, 2.75) is 18.0 Å². The third kappa shape index (κ3) is 2.06. The molecule has 0 heterocycles. The van der Waals surface area contributed by atoms with Crippen LogP contribution in [0.4, 0.5) is 30.7 Å². The number of halogens is 7. The summed E-state index contributed by atoms with van der Waals surface area (Å²) < 4.78 is 87.6. The van der Waals surface area contributed by atoms with Crippen molar-refractivity contribution in [3.05, 3.63) is 35.4 Å². The highest BCUT2D eigenvalue weighted by Crippen LogP contribution is 2.52. The molecule has 1 rings (SSSR count). The lowest BCUT2D eigenvalue weighted by Gasteiger charge is -2.28. The van der Waals surface area contributed by atoms with Gasteiger partial charge in [0, 0.05) is 11.1 Å². The van der Waals surface area contributed by atoms with E-state index in [2.05, 4.69) is 0 Å². The van der Waals surface area contributed by atoms with Gasteiger partial charge in [-0.05, 0) is 0 Å². The van der Waals surface area contributed by atoms with Gasteiger partial charge in [-0.2, -0.15) is 30.7 Å². The molecule has 99 valence electrons. The molecule has 0 fully saturated rings. The van der Waals surface area contributed by atoms with Crippen LogP contribution in [0.2, 0.25) is 0 Å². The van der Waals surface area contributed by atoms with E-state index >= 15 is 0 Å². The molecule has 0 unspecified atom stereocenters. The molecule has 0 N–H and O–H groups in total. The molecule has 0 aromatic heterocycles. The van der Waals surface area contributed by atoms with E-state index in [1.54, 1.807) is 0 Å². The van der Waals surface area contributed by atoms with Crippen molar-refractivity contribution in [2.24, 2.45) is 0 Å². The largest absolute Gasteiger partial charge is 0.460 e. The Labute approximate surface area is 96.2 Å². The lowest BCUT2D eigenvalue weighted by atomic mass is 9.97. The number of alkyl halides is 7. The highest BCUT2D eigenvalue weighted by Gasteiger charge is 2.73. The van der Waals surface area contributed by atoms with E-state index in [9.17, 15) is 35.5 Å². The Hall–Kier alpha value is -1.60. The average molecular weight is 273 g/mol. The van der Waals surface area contributed by atoms with Crippen molar-refractivity contribution in [3.63, 3.8) is 0 Å². The lowest BCUT2D eigenvalue weighted by Crippen LogP contribution is -2.50. The van der Waals surface area contributed by atoms with Crippen LogP contribution in [0.15, 0.2) is 24.3 Å². The van der Waals surface area contributed by atoms with Crippen LogP contribution < -0.4 is 0 Å². The van der Waals surface area contributed by atoms with Gasteiger partial charge in [0.05, 0.1) is 0 Å². The Morgan fingerprint density at radius 1 is 0.889 bits per heavy atom. The molecule has 0 atom stereocenters. The first-order valence-corrected chi connectivity index (χ1v) is 4.35. The smallest absolute Gasteiger partial charge is 0.285 e. The molecule has 1 nitrogen and oxygen atoms in total. The van der Waals surface area contributed by atoms with E-state index < -0.39 is 29.1 Å². The van der Waals surface area contributed by atoms with Crippen molar-refractivity contribution in [1.82, 2.24) is 0 Å². The van der Waals surface area contributed by atoms with Crippen LogP contribution in [0.1, 0.15) is 11.1 Å². The van der Waals surface area contributed by atoms with E-state index in [0.717, 1.165) is 18.4 Å². The Kier molecular flexibility index (Phi) is 3.42. The van der Waals surface area contributed by atoms with Gasteiger partial charge in [0.1, 0.15) is 0 Å². The Morgan fingerprint density at radius 3 is 1.83 bits per heavy atom. The molecule has 1 radical (unpaired) electrons. The fraction of sp³-hybridized carbons (Fsp3) is 0.300. The maximum absolute atomic E-state index is 13.2. The molecule has 0 saturated heterocycles. The molecular formula is C10H4F7O. The Morgan fingerprint density at radius 2 is 1.39 bits per heavy atom. The van der Waals surface area contributed by atoms with Gasteiger partial charge in [-0.25, -0.2) is 0 Å². The van der Waals surface area contributed by atoms with Gasteiger partial charge >= 0.3 is 18.0 Å². The molecule has 0 bridgehead atoms. The number of benzene rings is 1. The second-order valence-corrected chi connectivity index (χ2v) is 3.29. The van der Waals surface area contributed by atoms with Gasteiger partial charge in [0.25, 0.3) is 0 Å². The number of rotatable bonds is 3. The molecule has 8 heteroatoms. The second kappa shape index (κ2) is 4.25. The SMILES string of the molecule is O=[C]c1ccccc1C(F)(F)C(F)(F)C(F)(F)F. The summed E-state index contributed by atoms with van der Waals surface area (Å²) in [6.07, 6.45) is -5.54. The van der Waals surface area contributed by atoms with E-state index in [-0.39, 0.29) is 0 Å². The summed E-state index contributed by atoms with van der Waals surface area (Å²) in [7, 11) is 0. The number of carbonyl (C=O) groups excluding carboxylic acids is 1. The summed E-state index contributed by atoms with van der Waals surface area (Å²) in [5, 5.41) is 0. The van der Waals surface area contributed by atoms with Crippen molar-refractivity contribution in [3.8, 4) is 0 Å². The molecule has 1 aromatic rings. The number of hydrogen-bond acceptors (Lipinski definition) is 1. The van der Waals surface area contributed by atoms with Crippen LogP contribution in [0.25, 0.3) is 0 Å². The van der Waals surface area contributed by atoms with Crippen LogP contribution in [-0.2, 0) is 10.7 Å². The molecule has 0 aliphatic rings. The third-order valence-corrected chi connectivity index (χ3v) is 2.13. The van der Waals surface area contributed by atoms with Gasteiger partial charge in [-0.15, -0.1) is 0 Å². The van der Waals surface area contributed by atoms with Crippen molar-refractivity contribution in [2.75, 3.05) is 0 Å². The Balaban J connectivity index is 3.42. The third-order valence-electron chi connectivity index (χ3n) is 2.13. The van der Waals surface area contributed by atoms with E-state index in [1.165, 1.54) is 0 Å². The Bertz CT molecular complexity index is 450. The zero-order chi connectivity index (χ0) is 14.2. The van der Waals surface area contributed by atoms with Crippen LogP contribution in [-0.4, -0.2) is 18.4 Å². The molecule has 1 aromatic carbocycles. The molecule has 0 aliphatic carbocycles. The van der Waals surface area contributed by atoms with Gasteiger partial charge in [0.15, 0.2) is 0 Å². The van der Waals surface area contributed by atoms with Crippen LogP contribution in [0.3, 0.4) is 0 Å². The summed E-state index contributed by atoms with van der Waals surface area (Å²) in [6.45, 7) is 0. The summed E-state index contributed by atoms with van der Waals surface area (Å²) in [5.41, 5.74) is -2.77. The van der Waals surface area contributed by atoms with E-state index in [1.807, 2.05) is 0 Å². The van der Waals surface area contributed by atoms with Gasteiger partial charge < -0.3 is 0 Å².